The van der Waals surface area contributed by atoms with E-state index in [2.05, 4.69) is 0 Å². The van der Waals surface area contributed by atoms with Crippen LogP contribution in [0.4, 0.5) is 0 Å². The Balaban J connectivity index is 2.38. The largest absolute Gasteiger partial charge is 0.378 e. The molecule has 5 nitrogen and oxygen atoms in total. The standard InChI is InChI=1S/C12H17ClN2O3S/c1-9-8-18-5-4-15(9)19(16,17)11-2-3-12(13)10(6-11)7-14/h2-3,6,9H,4-5,7-8,14H2,1H3. The highest BCUT2D eigenvalue weighted by Gasteiger charge is 2.31. The molecular formula is C12H17ClN2O3S. The van der Waals surface area contributed by atoms with Crippen molar-refractivity contribution < 1.29 is 13.2 Å². The van der Waals surface area contributed by atoms with Crippen molar-refractivity contribution in [2.24, 2.45) is 5.73 Å². The van der Waals surface area contributed by atoms with Crippen LogP contribution < -0.4 is 5.73 Å². The second-order valence-corrected chi connectivity index (χ2v) is 6.79. The van der Waals surface area contributed by atoms with Gasteiger partial charge in [-0.05, 0) is 30.7 Å². The van der Waals surface area contributed by atoms with E-state index < -0.39 is 10.0 Å². The lowest BCUT2D eigenvalue weighted by Crippen LogP contribution is -2.46. The minimum Gasteiger partial charge on any atom is -0.378 e. The molecule has 0 saturated carbocycles. The van der Waals surface area contributed by atoms with Crippen molar-refractivity contribution in [1.29, 1.82) is 0 Å². The van der Waals surface area contributed by atoms with Gasteiger partial charge in [-0.25, -0.2) is 8.42 Å². The summed E-state index contributed by atoms with van der Waals surface area (Å²) >= 11 is 5.95. The third kappa shape index (κ3) is 2.93. The summed E-state index contributed by atoms with van der Waals surface area (Å²) in [5.41, 5.74) is 6.18. The van der Waals surface area contributed by atoms with E-state index in [1.807, 2.05) is 6.92 Å². The predicted octanol–water partition coefficient (Wildman–Crippen LogP) is 1.21. The van der Waals surface area contributed by atoms with Crippen LogP contribution in [0.2, 0.25) is 5.02 Å². The third-order valence-corrected chi connectivity index (χ3v) is 5.53. The molecule has 2 N–H and O–H groups in total. The van der Waals surface area contributed by atoms with Crippen LogP contribution in [0.5, 0.6) is 0 Å². The van der Waals surface area contributed by atoms with Crippen LogP contribution in [0.1, 0.15) is 12.5 Å². The quantitative estimate of drug-likeness (QED) is 0.911. The van der Waals surface area contributed by atoms with Crippen molar-refractivity contribution in [3.05, 3.63) is 28.8 Å². The molecule has 1 unspecified atom stereocenters. The summed E-state index contributed by atoms with van der Waals surface area (Å²) in [6, 6.07) is 4.46. The number of ether oxygens (including phenoxy) is 1. The summed E-state index contributed by atoms with van der Waals surface area (Å²) < 4.78 is 31.8. The van der Waals surface area contributed by atoms with Crippen molar-refractivity contribution in [1.82, 2.24) is 4.31 Å². The molecule has 0 spiro atoms. The molecule has 1 heterocycles. The molecule has 1 aromatic rings. The highest BCUT2D eigenvalue weighted by Crippen LogP contribution is 2.24. The van der Waals surface area contributed by atoms with Gasteiger partial charge in [-0.3, -0.25) is 0 Å². The molecular weight excluding hydrogens is 288 g/mol. The number of rotatable bonds is 3. The smallest absolute Gasteiger partial charge is 0.243 e. The Labute approximate surface area is 118 Å². The van der Waals surface area contributed by atoms with Gasteiger partial charge in [0, 0.05) is 24.2 Å². The molecule has 106 valence electrons. The molecule has 1 saturated heterocycles. The van der Waals surface area contributed by atoms with Crippen LogP contribution in [-0.2, 0) is 21.3 Å². The molecule has 2 rings (SSSR count). The lowest BCUT2D eigenvalue weighted by molar-refractivity contribution is 0.0393. The average Bonchev–Trinajstić information content (AvgIpc) is 2.39. The van der Waals surface area contributed by atoms with Crippen LogP contribution in [-0.4, -0.2) is 38.5 Å². The molecule has 1 aliphatic heterocycles. The van der Waals surface area contributed by atoms with E-state index in [1.165, 1.54) is 10.4 Å². The summed E-state index contributed by atoms with van der Waals surface area (Å²) in [4.78, 5) is 0.228. The van der Waals surface area contributed by atoms with E-state index in [9.17, 15) is 8.42 Å². The first kappa shape index (κ1) is 14.7. The molecule has 7 heteroatoms. The van der Waals surface area contributed by atoms with Crippen molar-refractivity contribution in [3.8, 4) is 0 Å². The molecule has 1 aromatic carbocycles. The second-order valence-electron chi connectivity index (χ2n) is 4.50. The van der Waals surface area contributed by atoms with Gasteiger partial charge in [-0.15, -0.1) is 0 Å². The zero-order chi connectivity index (χ0) is 14.0. The van der Waals surface area contributed by atoms with E-state index in [1.54, 1.807) is 12.1 Å². The van der Waals surface area contributed by atoms with Crippen LogP contribution >= 0.6 is 11.6 Å². The van der Waals surface area contributed by atoms with Crippen molar-refractivity contribution in [2.75, 3.05) is 19.8 Å². The Bertz CT molecular complexity index is 562. The van der Waals surface area contributed by atoms with Crippen LogP contribution in [0.15, 0.2) is 23.1 Å². The summed E-state index contributed by atoms with van der Waals surface area (Å²) in [5, 5.41) is 0.483. The SMILES string of the molecule is CC1COCCN1S(=O)(=O)c1ccc(Cl)c(CN)c1. The summed E-state index contributed by atoms with van der Waals surface area (Å²) in [7, 11) is -3.52. The van der Waals surface area contributed by atoms with Crippen LogP contribution in [0, 0.1) is 0 Å². The molecule has 1 fully saturated rings. The molecule has 0 bridgehead atoms. The lowest BCUT2D eigenvalue weighted by atomic mass is 10.2. The fourth-order valence-electron chi connectivity index (χ4n) is 2.07. The van der Waals surface area contributed by atoms with E-state index in [4.69, 9.17) is 22.1 Å². The number of benzene rings is 1. The number of hydrogen-bond donors (Lipinski definition) is 1. The van der Waals surface area contributed by atoms with Gasteiger partial charge in [-0.2, -0.15) is 4.31 Å². The minimum absolute atomic E-state index is 0.171. The van der Waals surface area contributed by atoms with Crippen LogP contribution in [0.25, 0.3) is 0 Å². The Morgan fingerprint density at radius 1 is 1.53 bits per heavy atom. The van der Waals surface area contributed by atoms with E-state index in [0.29, 0.717) is 30.3 Å². The number of sulfonamides is 1. The zero-order valence-corrected chi connectivity index (χ0v) is 12.2. The predicted molar refractivity (Wildman–Crippen MR) is 73.5 cm³/mol. The van der Waals surface area contributed by atoms with Gasteiger partial charge in [-0.1, -0.05) is 11.6 Å². The van der Waals surface area contributed by atoms with Crippen molar-refractivity contribution in [3.63, 3.8) is 0 Å². The zero-order valence-electron chi connectivity index (χ0n) is 10.7. The van der Waals surface area contributed by atoms with Gasteiger partial charge in [0.05, 0.1) is 18.1 Å². The van der Waals surface area contributed by atoms with Crippen molar-refractivity contribution in [2.45, 2.75) is 24.4 Å². The fourth-order valence-corrected chi connectivity index (χ4v) is 3.92. The normalized spacial score (nSPS) is 21.5. The van der Waals surface area contributed by atoms with Gasteiger partial charge >= 0.3 is 0 Å². The Morgan fingerprint density at radius 3 is 2.89 bits per heavy atom. The number of morpholine rings is 1. The molecule has 19 heavy (non-hydrogen) atoms. The molecule has 0 radical (unpaired) electrons. The van der Waals surface area contributed by atoms with Crippen molar-refractivity contribution >= 4 is 21.6 Å². The molecule has 0 aromatic heterocycles. The van der Waals surface area contributed by atoms with Gasteiger partial charge in [0.2, 0.25) is 10.0 Å². The second kappa shape index (κ2) is 5.76. The maximum Gasteiger partial charge on any atom is 0.243 e. The topological polar surface area (TPSA) is 72.6 Å². The monoisotopic (exact) mass is 304 g/mol. The highest BCUT2D eigenvalue weighted by atomic mass is 35.5. The van der Waals surface area contributed by atoms with Gasteiger partial charge in [0.25, 0.3) is 0 Å². The summed E-state index contributed by atoms with van der Waals surface area (Å²) in [6.45, 7) is 3.24. The van der Waals surface area contributed by atoms with Gasteiger partial charge in [0.1, 0.15) is 0 Å². The van der Waals surface area contributed by atoms with E-state index in [0.717, 1.165) is 0 Å². The third-order valence-electron chi connectivity index (χ3n) is 3.15. The number of hydrogen-bond acceptors (Lipinski definition) is 4. The first-order valence-electron chi connectivity index (χ1n) is 6.05. The van der Waals surface area contributed by atoms with Gasteiger partial charge in [0.15, 0.2) is 0 Å². The molecule has 1 aliphatic rings. The van der Waals surface area contributed by atoms with E-state index in [-0.39, 0.29) is 17.5 Å². The van der Waals surface area contributed by atoms with Crippen LogP contribution in [0.3, 0.4) is 0 Å². The van der Waals surface area contributed by atoms with Gasteiger partial charge < -0.3 is 10.5 Å². The molecule has 0 aliphatic carbocycles. The average molecular weight is 305 g/mol. The maximum absolute atomic E-state index is 12.6. The summed E-state index contributed by atoms with van der Waals surface area (Å²) in [5.74, 6) is 0. The lowest BCUT2D eigenvalue weighted by Gasteiger charge is -2.32. The maximum atomic E-state index is 12.6. The highest BCUT2D eigenvalue weighted by molar-refractivity contribution is 7.89. The van der Waals surface area contributed by atoms with E-state index >= 15 is 0 Å². The number of nitrogens with zero attached hydrogens (tertiary/aromatic N) is 1. The molecule has 1 atom stereocenters. The Kier molecular flexibility index (Phi) is 4.47. The number of halogens is 1. The summed E-state index contributed by atoms with van der Waals surface area (Å²) in [6.07, 6.45) is 0. The first-order valence-corrected chi connectivity index (χ1v) is 7.86. The Hall–Kier alpha value is -0.660. The Morgan fingerprint density at radius 2 is 2.26 bits per heavy atom. The number of nitrogens with two attached hydrogens (primary N) is 1. The molecule has 0 amide bonds. The minimum atomic E-state index is -3.52. The fraction of sp³-hybridized carbons (Fsp3) is 0.500. The first-order chi connectivity index (χ1) is 8.96.